The van der Waals surface area contributed by atoms with E-state index >= 15 is 0 Å². The molecule has 2 N–H and O–H groups in total. The molecule has 0 saturated carbocycles. The van der Waals surface area contributed by atoms with Crippen LogP contribution in [0.1, 0.15) is 19.8 Å². The number of ether oxygens (including phenoxy) is 2. The highest BCUT2D eigenvalue weighted by Gasteiger charge is 2.34. The highest BCUT2D eigenvalue weighted by molar-refractivity contribution is 5.95. The van der Waals surface area contributed by atoms with Gasteiger partial charge < -0.3 is 20.1 Å². The zero-order chi connectivity index (χ0) is 15.1. The van der Waals surface area contributed by atoms with Crippen LogP contribution in [0, 0.1) is 5.41 Å². The number of halogens is 1. The summed E-state index contributed by atoms with van der Waals surface area (Å²) in [5, 5.41) is 6.28. The molecule has 1 amide bonds. The van der Waals surface area contributed by atoms with Crippen molar-refractivity contribution in [3.05, 3.63) is 24.3 Å². The number of carbonyl (C=O) groups excluding carboxylic acids is 1. The van der Waals surface area contributed by atoms with Gasteiger partial charge in [0, 0.05) is 25.4 Å². The largest absolute Gasteiger partial charge is 0.491 e. The quantitative estimate of drug-likeness (QED) is 0.788. The average Bonchev–Trinajstić information content (AvgIpc) is 2.49. The minimum atomic E-state index is -0.342. The highest BCUT2D eigenvalue weighted by Crippen LogP contribution is 2.28. The topological polar surface area (TPSA) is 59.6 Å². The lowest BCUT2D eigenvalue weighted by Gasteiger charge is -2.32. The Morgan fingerprint density at radius 1 is 1.41 bits per heavy atom. The summed E-state index contributed by atoms with van der Waals surface area (Å²) in [6.07, 6.45) is 1.94. The predicted octanol–water partition coefficient (Wildman–Crippen LogP) is 2.46. The van der Waals surface area contributed by atoms with Crippen LogP contribution in [0.5, 0.6) is 5.75 Å². The van der Waals surface area contributed by atoms with E-state index in [1.807, 2.05) is 31.2 Å². The molecule has 1 fully saturated rings. The Labute approximate surface area is 138 Å². The molecule has 0 aromatic heterocycles. The van der Waals surface area contributed by atoms with Crippen molar-refractivity contribution < 1.29 is 14.3 Å². The van der Waals surface area contributed by atoms with E-state index in [-0.39, 0.29) is 23.7 Å². The molecule has 2 rings (SSSR count). The van der Waals surface area contributed by atoms with Crippen LogP contribution in [-0.4, -0.2) is 39.3 Å². The first-order valence-corrected chi connectivity index (χ1v) is 7.38. The fourth-order valence-corrected chi connectivity index (χ4v) is 2.44. The fourth-order valence-electron chi connectivity index (χ4n) is 2.44. The van der Waals surface area contributed by atoms with Crippen LogP contribution in [0.4, 0.5) is 5.69 Å². The van der Waals surface area contributed by atoms with Crippen molar-refractivity contribution in [2.45, 2.75) is 19.8 Å². The highest BCUT2D eigenvalue weighted by atomic mass is 35.5. The summed E-state index contributed by atoms with van der Waals surface area (Å²) in [4.78, 5) is 12.4. The summed E-state index contributed by atoms with van der Waals surface area (Å²) in [6, 6.07) is 7.46. The molecular formula is C16H25ClN2O3. The number of piperidine rings is 1. The molecule has 6 heteroatoms. The molecule has 1 heterocycles. The van der Waals surface area contributed by atoms with Crippen LogP contribution in [0.2, 0.25) is 0 Å². The minimum absolute atomic E-state index is 0. The van der Waals surface area contributed by atoms with E-state index in [0.717, 1.165) is 37.4 Å². The third-order valence-corrected chi connectivity index (χ3v) is 3.79. The summed E-state index contributed by atoms with van der Waals surface area (Å²) >= 11 is 0. The Bertz CT molecular complexity index is 476. The lowest BCUT2D eigenvalue weighted by Crippen LogP contribution is -2.46. The van der Waals surface area contributed by atoms with Crippen molar-refractivity contribution in [2.75, 3.05) is 38.7 Å². The van der Waals surface area contributed by atoms with Crippen molar-refractivity contribution in [1.29, 1.82) is 0 Å². The van der Waals surface area contributed by atoms with E-state index in [9.17, 15) is 4.79 Å². The number of hydrogen-bond acceptors (Lipinski definition) is 4. The Morgan fingerprint density at radius 3 is 2.91 bits per heavy atom. The summed E-state index contributed by atoms with van der Waals surface area (Å²) < 4.78 is 10.5. The zero-order valence-corrected chi connectivity index (χ0v) is 14.0. The van der Waals surface area contributed by atoms with Gasteiger partial charge in [0.2, 0.25) is 5.91 Å². The van der Waals surface area contributed by atoms with Gasteiger partial charge in [-0.2, -0.15) is 0 Å². The predicted molar refractivity (Wildman–Crippen MR) is 89.9 cm³/mol. The Kier molecular flexibility index (Phi) is 7.65. The maximum Gasteiger partial charge on any atom is 0.231 e. The smallest absolute Gasteiger partial charge is 0.231 e. The molecule has 0 bridgehead atoms. The van der Waals surface area contributed by atoms with Gasteiger partial charge in [-0.15, -0.1) is 12.4 Å². The van der Waals surface area contributed by atoms with Gasteiger partial charge in [0.15, 0.2) is 0 Å². The van der Waals surface area contributed by atoms with Gasteiger partial charge in [0.1, 0.15) is 12.4 Å². The molecule has 1 unspecified atom stereocenters. The van der Waals surface area contributed by atoms with E-state index in [1.165, 1.54) is 0 Å². The maximum atomic E-state index is 12.4. The monoisotopic (exact) mass is 328 g/mol. The SMILES string of the molecule is COCCOc1cccc(NC(=O)C2(C)CCCNC2)c1.Cl. The van der Waals surface area contributed by atoms with Crippen molar-refractivity contribution in [3.63, 3.8) is 0 Å². The van der Waals surface area contributed by atoms with Gasteiger partial charge in [-0.05, 0) is 38.4 Å². The Balaban J connectivity index is 0.00000242. The van der Waals surface area contributed by atoms with Crippen LogP contribution in [-0.2, 0) is 9.53 Å². The maximum absolute atomic E-state index is 12.4. The third kappa shape index (κ3) is 5.16. The number of carbonyl (C=O) groups is 1. The number of methoxy groups -OCH3 is 1. The molecule has 0 aliphatic carbocycles. The fraction of sp³-hybridized carbons (Fsp3) is 0.562. The molecule has 1 aromatic rings. The van der Waals surface area contributed by atoms with E-state index in [0.29, 0.717) is 13.2 Å². The van der Waals surface area contributed by atoms with Gasteiger partial charge in [-0.25, -0.2) is 0 Å². The van der Waals surface area contributed by atoms with E-state index in [2.05, 4.69) is 10.6 Å². The number of hydrogen-bond donors (Lipinski definition) is 2. The van der Waals surface area contributed by atoms with Gasteiger partial charge >= 0.3 is 0 Å². The first-order chi connectivity index (χ1) is 10.1. The van der Waals surface area contributed by atoms with E-state index < -0.39 is 0 Å². The van der Waals surface area contributed by atoms with Gasteiger partial charge in [0.25, 0.3) is 0 Å². The minimum Gasteiger partial charge on any atom is -0.491 e. The molecule has 1 aliphatic rings. The molecule has 1 aliphatic heterocycles. The molecule has 1 atom stereocenters. The second-order valence-electron chi connectivity index (χ2n) is 5.66. The number of benzene rings is 1. The van der Waals surface area contributed by atoms with Gasteiger partial charge in [-0.1, -0.05) is 6.07 Å². The second-order valence-corrected chi connectivity index (χ2v) is 5.66. The third-order valence-electron chi connectivity index (χ3n) is 3.79. The van der Waals surface area contributed by atoms with E-state index in [4.69, 9.17) is 9.47 Å². The summed E-state index contributed by atoms with van der Waals surface area (Å²) in [5.41, 5.74) is 0.423. The Hall–Kier alpha value is -1.30. The molecule has 22 heavy (non-hydrogen) atoms. The van der Waals surface area contributed by atoms with Crippen LogP contribution >= 0.6 is 12.4 Å². The van der Waals surface area contributed by atoms with Crippen LogP contribution < -0.4 is 15.4 Å². The lowest BCUT2D eigenvalue weighted by atomic mass is 9.82. The van der Waals surface area contributed by atoms with Crippen molar-refractivity contribution in [3.8, 4) is 5.75 Å². The summed E-state index contributed by atoms with van der Waals surface area (Å²) in [6.45, 7) is 4.76. The number of amides is 1. The molecule has 1 aromatic carbocycles. The van der Waals surface area contributed by atoms with Crippen LogP contribution in [0.25, 0.3) is 0 Å². The molecule has 124 valence electrons. The van der Waals surface area contributed by atoms with E-state index in [1.54, 1.807) is 7.11 Å². The van der Waals surface area contributed by atoms with Crippen molar-refractivity contribution >= 4 is 24.0 Å². The first-order valence-electron chi connectivity index (χ1n) is 7.38. The lowest BCUT2D eigenvalue weighted by molar-refractivity contribution is -0.125. The first kappa shape index (κ1) is 18.7. The van der Waals surface area contributed by atoms with Gasteiger partial charge in [-0.3, -0.25) is 4.79 Å². The van der Waals surface area contributed by atoms with Crippen LogP contribution in [0.3, 0.4) is 0 Å². The standard InChI is InChI=1S/C16H24N2O3.ClH/c1-16(7-4-8-17-12-16)15(19)18-13-5-3-6-14(11-13)21-10-9-20-2;/h3,5-6,11,17H,4,7-10,12H2,1-2H3,(H,18,19);1H. The van der Waals surface area contributed by atoms with Crippen molar-refractivity contribution in [2.24, 2.45) is 5.41 Å². The van der Waals surface area contributed by atoms with Gasteiger partial charge in [0.05, 0.1) is 12.0 Å². The molecule has 1 saturated heterocycles. The van der Waals surface area contributed by atoms with Crippen LogP contribution in [0.15, 0.2) is 24.3 Å². The number of rotatable bonds is 6. The second kappa shape index (κ2) is 8.98. The number of anilines is 1. The molecule has 0 spiro atoms. The molecular weight excluding hydrogens is 304 g/mol. The zero-order valence-electron chi connectivity index (χ0n) is 13.2. The summed E-state index contributed by atoms with van der Waals surface area (Å²) in [5.74, 6) is 0.792. The molecule has 0 radical (unpaired) electrons. The Morgan fingerprint density at radius 2 is 2.23 bits per heavy atom. The number of nitrogens with one attached hydrogen (secondary N) is 2. The summed E-state index contributed by atoms with van der Waals surface area (Å²) in [7, 11) is 1.64. The average molecular weight is 329 g/mol. The van der Waals surface area contributed by atoms with Crippen molar-refractivity contribution in [1.82, 2.24) is 5.32 Å². The molecule has 5 nitrogen and oxygen atoms in total. The normalized spacial score (nSPS) is 20.8.